The van der Waals surface area contributed by atoms with Crippen molar-refractivity contribution < 1.29 is 27.4 Å². The molecule has 33 heavy (non-hydrogen) atoms. The number of carbonyl (C=O) groups is 1. The molecule has 8 heteroatoms. The quantitative estimate of drug-likeness (QED) is 0.277. The summed E-state index contributed by atoms with van der Waals surface area (Å²) in [5.74, 6) is -0.347. The highest BCUT2D eigenvalue weighted by atomic mass is 35.5. The van der Waals surface area contributed by atoms with Crippen molar-refractivity contribution in [2.75, 3.05) is 5.32 Å². The van der Waals surface area contributed by atoms with Gasteiger partial charge in [0, 0.05) is 11.3 Å². The Bertz CT molecular complexity index is 1060. The van der Waals surface area contributed by atoms with Gasteiger partial charge in [-0.25, -0.2) is 4.79 Å². The van der Waals surface area contributed by atoms with E-state index in [0.29, 0.717) is 11.3 Å². The van der Waals surface area contributed by atoms with Crippen molar-refractivity contribution in [3.63, 3.8) is 0 Å². The molecule has 0 heterocycles. The fourth-order valence-electron chi connectivity index (χ4n) is 3.08. The molecule has 174 valence electrons. The molecule has 0 aliphatic heterocycles. The molecule has 1 unspecified atom stereocenters. The fraction of sp³-hybridized carbons (Fsp3) is 0.240. The van der Waals surface area contributed by atoms with Gasteiger partial charge in [0.25, 0.3) is 6.29 Å². The predicted octanol–water partition coefficient (Wildman–Crippen LogP) is 7.12. The molecule has 4 nitrogen and oxygen atoms in total. The second-order valence-electron chi connectivity index (χ2n) is 7.67. The van der Waals surface area contributed by atoms with Crippen LogP contribution in [0, 0.1) is 5.92 Å². The summed E-state index contributed by atoms with van der Waals surface area (Å²) in [6.07, 6.45) is -5.58. The van der Waals surface area contributed by atoms with Crippen LogP contribution >= 0.6 is 11.6 Å². The molecule has 1 N–H and O–H groups in total. The molecule has 0 saturated heterocycles. The molecule has 3 rings (SSSR count). The van der Waals surface area contributed by atoms with Gasteiger partial charge in [0.05, 0.1) is 10.6 Å². The number of halogens is 4. The Morgan fingerprint density at radius 1 is 0.939 bits per heavy atom. The van der Waals surface area contributed by atoms with Gasteiger partial charge in [-0.1, -0.05) is 74.0 Å². The summed E-state index contributed by atoms with van der Waals surface area (Å²) in [5, 5.41) is 2.48. The Labute approximate surface area is 195 Å². The average molecular weight is 478 g/mol. The van der Waals surface area contributed by atoms with Gasteiger partial charge in [0.1, 0.15) is 11.8 Å². The molecule has 0 bridgehead atoms. The second kappa shape index (κ2) is 10.6. The lowest BCUT2D eigenvalue weighted by atomic mass is 10.0. The predicted molar refractivity (Wildman–Crippen MR) is 121 cm³/mol. The van der Waals surface area contributed by atoms with Crippen molar-refractivity contribution in [3.8, 4) is 5.75 Å². The monoisotopic (exact) mass is 477 g/mol. The third-order valence-corrected chi connectivity index (χ3v) is 5.11. The minimum atomic E-state index is -4.57. The van der Waals surface area contributed by atoms with E-state index < -0.39 is 35.1 Å². The summed E-state index contributed by atoms with van der Waals surface area (Å²) in [6.45, 7) is 3.58. The number of esters is 1. The molecule has 0 fully saturated rings. The first-order valence-corrected chi connectivity index (χ1v) is 10.6. The van der Waals surface area contributed by atoms with E-state index in [9.17, 15) is 18.0 Å². The zero-order valence-electron chi connectivity index (χ0n) is 18.0. The second-order valence-corrected chi connectivity index (χ2v) is 8.08. The SMILES string of the molecule is CC(C)[C@@H](Nc1ccc(C(F)(F)F)c(Cl)c1)C(=O)OC(Oc1ccccc1)c1ccccc1. The molecule has 3 aromatic rings. The van der Waals surface area contributed by atoms with Crippen LogP contribution < -0.4 is 10.1 Å². The lowest BCUT2D eigenvalue weighted by Crippen LogP contribution is -2.37. The zero-order valence-corrected chi connectivity index (χ0v) is 18.7. The number of nitrogens with one attached hydrogen (secondary N) is 1. The maximum absolute atomic E-state index is 13.1. The Morgan fingerprint density at radius 3 is 2.09 bits per heavy atom. The number of hydrogen-bond donors (Lipinski definition) is 1. The number of benzene rings is 3. The highest BCUT2D eigenvalue weighted by Gasteiger charge is 2.34. The molecule has 0 aromatic heterocycles. The number of ether oxygens (including phenoxy) is 2. The zero-order chi connectivity index (χ0) is 24.0. The van der Waals surface area contributed by atoms with Gasteiger partial charge in [-0.3, -0.25) is 0 Å². The minimum absolute atomic E-state index is 0.244. The van der Waals surface area contributed by atoms with Crippen LogP contribution in [-0.4, -0.2) is 12.0 Å². The topological polar surface area (TPSA) is 47.6 Å². The van der Waals surface area contributed by atoms with Crippen LogP contribution in [0.1, 0.15) is 31.3 Å². The fourth-order valence-corrected chi connectivity index (χ4v) is 3.37. The summed E-state index contributed by atoms with van der Waals surface area (Å²) >= 11 is 5.82. The highest BCUT2D eigenvalue weighted by molar-refractivity contribution is 6.31. The minimum Gasteiger partial charge on any atom is -0.450 e. The van der Waals surface area contributed by atoms with E-state index >= 15 is 0 Å². The molecule has 0 aliphatic rings. The van der Waals surface area contributed by atoms with Crippen LogP contribution in [0.25, 0.3) is 0 Å². The van der Waals surface area contributed by atoms with Gasteiger partial charge in [-0.05, 0) is 36.2 Å². The summed E-state index contributed by atoms with van der Waals surface area (Å²) < 4.78 is 50.6. The smallest absolute Gasteiger partial charge is 0.417 e. The molecule has 0 spiro atoms. The van der Waals surface area contributed by atoms with Gasteiger partial charge in [-0.15, -0.1) is 0 Å². The van der Waals surface area contributed by atoms with Crippen LogP contribution in [0.2, 0.25) is 5.02 Å². The maximum Gasteiger partial charge on any atom is 0.417 e. The Balaban J connectivity index is 1.80. The summed E-state index contributed by atoms with van der Waals surface area (Å²) in [6, 6.07) is 20.3. The summed E-state index contributed by atoms with van der Waals surface area (Å²) in [5.41, 5.74) is -0.0440. The number of para-hydroxylation sites is 1. The number of rotatable bonds is 8. The average Bonchev–Trinajstić information content (AvgIpc) is 2.77. The lowest BCUT2D eigenvalue weighted by Gasteiger charge is -2.26. The van der Waals surface area contributed by atoms with E-state index in [4.69, 9.17) is 21.1 Å². The molecule has 0 radical (unpaired) electrons. The number of alkyl halides is 3. The van der Waals surface area contributed by atoms with E-state index in [0.717, 1.165) is 12.1 Å². The van der Waals surface area contributed by atoms with E-state index in [2.05, 4.69) is 5.32 Å². The van der Waals surface area contributed by atoms with Crippen LogP contribution in [-0.2, 0) is 15.7 Å². The first kappa shape index (κ1) is 24.5. The largest absolute Gasteiger partial charge is 0.450 e. The standard InChI is InChI=1S/C25H23ClF3NO3/c1-16(2)22(30-18-13-14-20(21(26)15-18)25(27,28)29)23(31)33-24(17-9-5-3-6-10-17)32-19-11-7-4-8-12-19/h3-16,22,24,30H,1-2H3/t22-,24?/m1/s1. The molecule has 3 aromatic carbocycles. The van der Waals surface area contributed by atoms with Gasteiger partial charge < -0.3 is 14.8 Å². The Hall–Kier alpha value is -3.19. The third kappa shape index (κ3) is 6.65. The summed E-state index contributed by atoms with van der Waals surface area (Å²) in [4.78, 5) is 13.1. The normalized spacial score (nSPS) is 13.3. The molecular weight excluding hydrogens is 455 g/mol. The van der Waals surface area contributed by atoms with Crippen molar-refractivity contribution in [1.29, 1.82) is 0 Å². The van der Waals surface area contributed by atoms with Crippen molar-refractivity contribution in [2.45, 2.75) is 32.4 Å². The highest BCUT2D eigenvalue weighted by Crippen LogP contribution is 2.36. The van der Waals surface area contributed by atoms with Gasteiger partial charge in [0.15, 0.2) is 0 Å². The number of hydrogen-bond acceptors (Lipinski definition) is 4. The van der Waals surface area contributed by atoms with Gasteiger partial charge in [-0.2, -0.15) is 13.2 Å². The Kier molecular flexibility index (Phi) is 7.87. The van der Waals surface area contributed by atoms with Crippen molar-refractivity contribution >= 4 is 23.3 Å². The number of anilines is 1. The molecule has 0 aliphatic carbocycles. The van der Waals surface area contributed by atoms with Gasteiger partial charge in [0.2, 0.25) is 0 Å². The summed E-state index contributed by atoms with van der Waals surface area (Å²) in [7, 11) is 0. The van der Waals surface area contributed by atoms with Crippen molar-refractivity contribution in [1.82, 2.24) is 0 Å². The first-order chi connectivity index (χ1) is 15.6. The maximum atomic E-state index is 13.1. The third-order valence-electron chi connectivity index (χ3n) is 4.80. The van der Waals surface area contributed by atoms with Crippen LogP contribution in [0.15, 0.2) is 78.9 Å². The van der Waals surface area contributed by atoms with E-state index in [1.807, 2.05) is 12.1 Å². The van der Waals surface area contributed by atoms with E-state index in [-0.39, 0.29) is 11.6 Å². The Morgan fingerprint density at radius 2 is 1.55 bits per heavy atom. The van der Waals surface area contributed by atoms with E-state index in [1.165, 1.54) is 6.07 Å². The van der Waals surface area contributed by atoms with Crippen molar-refractivity contribution in [3.05, 3.63) is 95.0 Å². The van der Waals surface area contributed by atoms with Crippen molar-refractivity contribution in [2.24, 2.45) is 5.92 Å². The molecular formula is C25H23ClF3NO3. The van der Waals surface area contributed by atoms with E-state index in [1.54, 1.807) is 62.4 Å². The van der Waals surface area contributed by atoms with Crippen LogP contribution in [0.3, 0.4) is 0 Å². The van der Waals surface area contributed by atoms with Crippen LogP contribution in [0.5, 0.6) is 5.75 Å². The molecule has 0 amide bonds. The van der Waals surface area contributed by atoms with Gasteiger partial charge >= 0.3 is 12.1 Å². The first-order valence-electron chi connectivity index (χ1n) is 10.3. The lowest BCUT2D eigenvalue weighted by molar-refractivity contribution is -0.167. The van der Waals surface area contributed by atoms with Crippen LogP contribution in [0.4, 0.5) is 18.9 Å². The number of carbonyl (C=O) groups excluding carboxylic acids is 1. The molecule has 0 saturated carbocycles. The molecule has 2 atom stereocenters.